The molecule has 0 bridgehead atoms. The molecule has 1 atom stereocenters. The van der Waals surface area contributed by atoms with E-state index >= 15 is 0 Å². The van der Waals surface area contributed by atoms with Crippen molar-refractivity contribution in [3.05, 3.63) is 52.4 Å². The monoisotopic (exact) mass is 310 g/mol. The Morgan fingerprint density at radius 2 is 2.11 bits per heavy atom. The van der Waals surface area contributed by atoms with Crippen LogP contribution in [-0.4, -0.2) is 4.98 Å². The molecule has 0 aliphatic carbocycles. The van der Waals surface area contributed by atoms with Gasteiger partial charge in [0, 0.05) is 24.4 Å². The van der Waals surface area contributed by atoms with Crippen molar-refractivity contribution in [3.8, 4) is 11.6 Å². The fourth-order valence-electron chi connectivity index (χ4n) is 1.43. The molecule has 1 aromatic carbocycles. The van der Waals surface area contributed by atoms with Gasteiger partial charge in [-0.2, -0.15) is 0 Å². The summed E-state index contributed by atoms with van der Waals surface area (Å²) in [6.45, 7) is 1.87. The number of nitrogens with two attached hydrogens (primary N) is 1. The molecule has 0 saturated heterocycles. The summed E-state index contributed by atoms with van der Waals surface area (Å²) in [5, 5.41) is 0. The zero-order chi connectivity index (χ0) is 13.1. The summed E-state index contributed by atoms with van der Waals surface area (Å²) in [6.07, 6.45) is 1.61. The van der Waals surface area contributed by atoms with Gasteiger partial charge >= 0.3 is 0 Å². The number of halogens is 2. The Labute approximate surface area is 113 Å². The van der Waals surface area contributed by atoms with Crippen molar-refractivity contribution >= 4 is 15.9 Å². The molecular weight excluding hydrogens is 299 g/mol. The maximum atomic E-state index is 13.1. The van der Waals surface area contributed by atoms with Crippen molar-refractivity contribution in [2.24, 2.45) is 5.73 Å². The van der Waals surface area contributed by atoms with Gasteiger partial charge in [-0.05, 0) is 46.6 Å². The van der Waals surface area contributed by atoms with Gasteiger partial charge in [-0.3, -0.25) is 0 Å². The van der Waals surface area contributed by atoms with Crippen LogP contribution in [0.2, 0.25) is 0 Å². The molecule has 0 aliphatic heterocycles. The molecule has 0 fully saturated rings. The number of pyridine rings is 1. The molecular formula is C13H12BrFN2O. The molecule has 0 unspecified atom stereocenters. The molecule has 0 radical (unpaired) electrons. The van der Waals surface area contributed by atoms with Crippen molar-refractivity contribution in [1.29, 1.82) is 0 Å². The van der Waals surface area contributed by atoms with E-state index in [-0.39, 0.29) is 11.9 Å². The minimum Gasteiger partial charge on any atom is -0.438 e. The van der Waals surface area contributed by atoms with E-state index in [2.05, 4.69) is 20.9 Å². The standard InChI is InChI=1S/C13H12BrFN2O/c1-8(16)9-4-5-17-13(6-9)18-12-7-10(15)2-3-11(12)14/h2-8H,16H2,1H3/t8-/m0/s1. The molecule has 0 amide bonds. The van der Waals surface area contributed by atoms with Crippen LogP contribution in [0.1, 0.15) is 18.5 Å². The summed E-state index contributed by atoms with van der Waals surface area (Å²) in [5.41, 5.74) is 6.69. The third-order valence-corrected chi connectivity index (χ3v) is 3.05. The number of aromatic nitrogens is 1. The van der Waals surface area contributed by atoms with E-state index < -0.39 is 0 Å². The summed E-state index contributed by atoms with van der Waals surface area (Å²) in [5.74, 6) is 0.400. The zero-order valence-corrected chi connectivity index (χ0v) is 11.3. The van der Waals surface area contributed by atoms with Crippen molar-refractivity contribution in [3.63, 3.8) is 0 Å². The van der Waals surface area contributed by atoms with Crippen molar-refractivity contribution in [1.82, 2.24) is 4.98 Å². The van der Waals surface area contributed by atoms with E-state index in [0.29, 0.717) is 16.1 Å². The molecule has 0 saturated carbocycles. The van der Waals surface area contributed by atoms with Gasteiger partial charge in [0.2, 0.25) is 5.88 Å². The smallest absolute Gasteiger partial charge is 0.219 e. The van der Waals surface area contributed by atoms with Gasteiger partial charge in [0.1, 0.15) is 11.6 Å². The van der Waals surface area contributed by atoms with E-state index in [1.807, 2.05) is 13.0 Å². The van der Waals surface area contributed by atoms with Crippen LogP contribution in [0.4, 0.5) is 4.39 Å². The van der Waals surface area contributed by atoms with Gasteiger partial charge in [0.25, 0.3) is 0 Å². The lowest BCUT2D eigenvalue weighted by atomic mass is 10.1. The summed E-state index contributed by atoms with van der Waals surface area (Å²) in [6, 6.07) is 7.68. The van der Waals surface area contributed by atoms with Gasteiger partial charge in [-0.15, -0.1) is 0 Å². The fourth-order valence-corrected chi connectivity index (χ4v) is 1.76. The second kappa shape index (κ2) is 5.46. The minimum atomic E-state index is -0.364. The second-order valence-corrected chi connectivity index (χ2v) is 4.75. The first-order chi connectivity index (χ1) is 8.56. The van der Waals surface area contributed by atoms with E-state index in [9.17, 15) is 4.39 Å². The molecule has 5 heteroatoms. The van der Waals surface area contributed by atoms with Gasteiger partial charge in [-0.1, -0.05) is 0 Å². The third kappa shape index (κ3) is 3.05. The summed E-state index contributed by atoms with van der Waals surface area (Å²) >= 11 is 3.29. The molecule has 1 heterocycles. The number of ether oxygens (including phenoxy) is 1. The Hall–Kier alpha value is -1.46. The highest BCUT2D eigenvalue weighted by Gasteiger charge is 2.07. The molecule has 94 valence electrons. The zero-order valence-electron chi connectivity index (χ0n) is 9.73. The van der Waals surface area contributed by atoms with Crippen molar-refractivity contribution < 1.29 is 9.13 Å². The van der Waals surface area contributed by atoms with Gasteiger partial charge in [0.15, 0.2) is 0 Å². The van der Waals surface area contributed by atoms with Crippen LogP contribution in [0.25, 0.3) is 0 Å². The molecule has 2 aromatic rings. The first kappa shape index (κ1) is 13.0. The maximum absolute atomic E-state index is 13.1. The third-order valence-electron chi connectivity index (χ3n) is 2.39. The molecule has 0 spiro atoms. The number of benzene rings is 1. The lowest BCUT2D eigenvalue weighted by Crippen LogP contribution is -2.05. The van der Waals surface area contributed by atoms with Crippen LogP contribution in [0.5, 0.6) is 11.6 Å². The number of hydrogen-bond donors (Lipinski definition) is 1. The second-order valence-electron chi connectivity index (χ2n) is 3.89. The molecule has 0 aliphatic rings. The molecule has 3 nitrogen and oxygen atoms in total. The van der Waals surface area contributed by atoms with Crippen LogP contribution >= 0.6 is 15.9 Å². The average Bonchev–Trinajstić information content (AvgIpc) is 2.34. The van der Waals surface area contributed by atoms with Crippen LogP contribution in [-0.2, 0) is 0 Å². The van der Waals surface area contributed by atoms with Crippen molar-refractivity contribution in [2.45, 2.75) is 13.0 Å². The first-order valence-electron chi connectivity index (χ1n) is 5.40. The Balaban J connectivity index is 2.28. The number of nitrogens with zero attached hydrogens (tertiary/aromatic N) is 1. The van der Waals surface area contributed by atoms with E-state index in [1.165, 1.54) is 12.1 Å². The molecule has 2 N–H and O–H groups in total. The number of hydrogen-bond acceptors (Lipinski definition) is 3. The Kier molecular flexibility index (Phi) is 3.93. The van der Waals surface area contributed by atoms with Crippen LogP contribution in [0.15, 0.2) is 41.0 Å². The maximum Gasteiger partial charge on any atom is 0.219 e. The quantitative estimate of drug-likeness (QED) is 0.938. The van der Waals surface area contributed by atoms with Gasteiger partial charge < -0.3 is 10.5 Å². The van der Waals surface area contributed by atoms with Crippen LogP contribution in [0.3, 0.4) is 0 Å². The Bertz CT molecular complexity index is 560. The topological polar surface area (TPSA) is 48.1 Å². The Morgan fingerprint density at radius 3 is 2.83 bits per heavy atom. The first-order valence-corrected chi connectivity index (χ1v) is 6.20. The van der Waals surface area contributed by atoms with Gasteiger partial charge in [0.05, 0.1) is 4.47 Å². The summed E-state index contributed by atoms with van der Waals surface area (Å²) in [4.78, 5) is 4.07. The van der Waals surface area contributed by atoms with Gasteiger partial charge in [-0.25, -0.2) is 9.37 Å². The minimum absolute atomic E-state index is 0.105. The molecule has 1 aromatic heterocycles. The molecule has 18 heavy (non-hydrogen) atoms. The highest BCUT2D eigenvalue weighted by atomic mass is 79.9. The van der Waals surface area contributed by atoms with E-state index in [0.717, 1.165) is 5.56 Å². The SMILES string of the molecule is C[C@H](N)c1ccnc(Oc2cc(F)ccc2Br)c1. The lowest BCUT2D eigenvalue weighted by Gasteiger charge is -2.09. The predicted octanol–water partition coefficient (Wildman–Crippen LogP) is 3.80. The highest BCUT2D eigenvalue weighted by Crippen LogP contribution is 2.30. The highest BCUT2D eigenvalue weighted by molar-refractivity contribution is 9.10. The number of rotatable bonds is 3. The van der Waals surface area contributed by atoms with Crippen LogP contribution in [0, 0.1) is 5.82 Å². The van der Waals surface area contributed by atoms with Crippen molar-refractivity contribution in [2.75, 3.05) is 0 Å². The van der Waals surface area contributed by atoms with E-state index in [1.54, 1.807) is 18.3 Å². The van der Waals surface area contributed by atoms with Crippen LogP contribution < -0.4 is 10.5 Å². The average molecular weight is 311 g/mol. The summed E-state index contributed by atoms with van der Waals surface area (Å²) in [7, 11) is 0. The van der Waals surface area contributed by atoms with E-state index in [4.69, 9.17) is 10.5 Å². The normalized spacial score (nSPS) is 12.2. The fraction of sp³-hybridized carbons (Fsp3) is 0.154. The largest absolute Gasteiger partial charge is 0.438 e. The Morgan fingerprint density at radius 1 is 1.33 bits per heavy atom. The lowest BCUT2D eigenvalue weighted by molar-refractivity contribution is 0.454. The predicted molar refractivity (Wildman–Crippen MR) is 71.0 cm³/mol. The molecule has 2 rings (SSSR count). The summed E-state index contributed by atoms with van der Waals surface area (Å²) < 4.78 is 19.3.